The van der Waals surface area contributed by atoms with Gasteiger partial charge in [-0.3, -0.25) is 9.48 Å². The number of Topliss-reactive ketones (excluding diaryl/α,β-unsaturated/α-hetero) is 1. The Morgan fingerprint density at radius 1 is 1.44 bits per heavy atom. The van der Waals surface area contributed by atoms with Gasteiger partial charge in [-0.15, -0.1) is 11.6 Å². The van der Waals surface area contributed by atoms with E-state index in [1.807, 2.05) is 16.9 Å². The molecule has 0 saturated carbocycles. The summed E-state index contributed by atoms with van der Waals surface area (Å²) in [6.45, 7) is 5.97. The largest absolute Gasteiger partial charge is 0.300 e. The molecule has 0 amide bonds. The third-order valence-electron chi connectivity index (χ3n) is 3.47. The highest BCUT2D eigenvalue weighted by Crippen LogP contribution is 2.17. The summed E-state index contributed by atoms with van der Waals surface area (Å²) in [5.41, 5.74) is 0.993. The maximum Gasteiger partial charge on any atom is 0.133 e. The second kappa shape index (κ2) is 7.57. The zero-order valence-electron chi connectivity index (χ0n) is 11.5. The second-order valence-corrected chi connectivity index (χ2v) is 5.12. The van der Waals surface area contributed by atoms with Gasteiger partial charge in [-0.1, -0.05) is 13.8 Å². The minimum Gasteiger partial charge on any atom is -0.300 e. The SMILES string of the molecule is CCC(CC)n1ccc(CC(CCCl)C(C)=O)n1. The van der Waals surface area contributed by atoms with E-state index < -0.39 is 0 Å². The topological polar surface area (TPSA) is 34.9 Å². The quantitative estimate of drug-likeness (QED) is 0.676. The van der Waals surface area contributed by atoms with E-state index >= 15 is 0 Å². The molecule has 0 fully saturated rings. The molecule has 18 heavy (non-hydrogen) atoms. The van der Waals surface area contributed by atoms with Gasteiger partial charge in [0.15, 0.2) is 0 Å². The van der Waals surface area contributed by atoms with Crippen molar-refractivity contribution < 1.29 is 4.79 Å². The molecule has 0 spiro atoms. The molecule has 1 aromatic rings. The molecule has 1 atom stereocenters. The molecule has 102 valence electrons. The Kier molecular flexibility index (Phi) is 6.41. The van der Waals surface area contributed by atoms with Crippen molar-refractivity contribution >= 4 is 17.4 Å². The molecule has 0 aromatic carbocycles. The average molecular weight is 271 g/mol. The van der Waals surface area contributed by atoms with E-state index in [0.717, 1.165) is 25.0 Å². The van der Waals surface area contributed by atoms with Crippen molar-refractivity contribution in [2.45, 2.75) is 52.5 Å². The molecule has 0 aliphatic heterocycles. The number of rotatable bonds is 8. The summed E-state index contributed by atoms with van der Waals surface area (Å²) in [7, 11) is 0. The highest BCUT2D eigenvalue weighted by atomic mass is 35.5. The Balaban J connectivity index is 2.70. The van der Waals surface area contributed by atoms with Gasteiger partial charge in [0.05, 0.1) is 11.7 Å². The van der Waals surface area contributed by atoms with E-state index in [1.165, 1.54) is 0 Å². The van der Waals surface area contributed by atoms with Gasteiger partial charge in [-0.25, -0.2) is 0 Å². The zero-order chi connectivity index (χ0) is 13.5. The van der Waals surface area contributed by atoms with Crippen LogP contribution in [0.4, 0.5) is 0 Å². The fraction of sp³-hybridized carbons (Fsp3) is 0.714. The lowest BCUT2D eigenvalue weighted by Crippen LogP contribution is -2.15. The van der Waals surface area contributed by atoms with Crippen molar-refractivity contribution in [3.05, 3.63) is 18.0 Å². The van der Waals surface area contributed by atoms with Crippen LogP contribution in [0.15, 0.2) is 12.3 Å². The molecule has 1 heterocycles. The number of halogens is 1. The van der Waals surface area contributed by atoms with Gasteiger partial charge in [-0.05, 0) is 32.3 Å². The number of aromatic nitrogens is 2. The van der Waals surface area contributed by atoms with E-state index in [0.29, 0.717) is 18.3 Å². The van der Waals surface area contributed by atoms with Crippen LogP contribution in [-0.2, 0) is 11.2 Å². The molecule has 1 unspecified atom stereocenters. The van der Waals surface area contributed by atoms with Crippen LogP contribution in [0.5, 0.6) is 0 Å². The number of hydrogen-bond donors (Lipinski definition) is 0. The summed E-state index contributed by atoms with van der Waals surface area (Å²) < 4.78 is 2.02. The Labute approximate surface area is 115 Å². The zero-order valence-corrected chi connectivity index (χ0v) is 12.3. The molecule has 1 rings (SSSR count). The van der Waals surface area contributed by atoms with Gasteiger partial charge in [-0.2, -0.15) is 5.10 Å². The normalized spacial score (nSPS) is 12.9. The summed E-state index contributed by atoms with van der Waals surface area (Å²) in [6.07, 6.45) is 5.61. The molecule has 0 radical (unpaired) electrons. The van der Waals surface area contributed by atoms with E-state index in [2.05, 4.69) is 18.9 Å². The minimum atomic E-state index is 0.00699. The van der Waals surface area contributed by atoms with Crippen LogP contribution >= 0.6 is 11.6 Å². The molecule has 0 aliphatic rings. The van der Waals surface area contributed by atoms with E-state index in [-0.39, 0.29) is 11.7 Å². The molecule has 4 heteroatoms. The minimum absolute atomic E-state index is 0.00699. The van der Waals surface area contributed by atoms with Crippen molar-refractivity contribution in [1.29, 1.82) is 0 Å². The number of hydrogen-bond acceptors (Lipinski definition) is 2. The fourth-order valence-electron chi connectivity index (χ4n) is 2.19. The highest BCUT2D eigenvalue weighted by molar-refractivity contribution is 6.18. The first-order chi connectivity index (χ1) is 8.62. The Hall–Kier alpha value is -0.830. The molecular weight excluding hydrogens is 248 g/mol. The Morgan fingerprint density at radius 3 is 2.61 bits per heavy atom. The van der Waals surface area contributed by atoms with Gasteiger partial charge in [0.2, 0.25) is 0 Å². The van der Waals surface area contributed by atoms with E-state index in [9.17, 15) is 4.79 Å². The van der Waals surface area contributed by atoms with Gasteiger partial charge in [0.1, 0.15) is 5.78 Å². The summed E-state index contributed by atoms with van der Waals surface area (Å²) in [5, 5.41) is 4.58. The van der Waals surface area contributed by atoms with Gasteiger partial charge < -0.3 is 0 Å². The van der Waals surface area contributed by atoms with Crippen LogP contribution in [0, 0.1) is 5.92 Å². The van der Waals surface area contributed by atoms with E-state index in [1.54, 1.807) is 6.92 Å². The first-order valence-electron chi connectivity index (χ1n) is 6.72. The third-order valence-corrected chi connectivity index (χ3v) is 3.69. The molecule has 0 aliphatic carbocycles. The molecule has 3 nitrogen and oxygen atoms in total. The summed E-state index contributed by atoms with van der Waals surface area (Å²) in [4.78, 5) is 11.5. The maximum atomic E-state index is 11.5. The van der Waals surface area contributed by atoms with Crippen molar-refractivity contribution in [2.75, 3.05) is 5.88 Å². The second-order valence-electron chi connectivity index (χ2n) is 4.75. The van der Waals surface area contributed by atoms with Crippen LogP contribution in [0.3, 0.4) is 0 Å². The molecule has 0 saturated heterocycles. The van der Waals surface area contributed by atoms with Crippen molar-refractivity contribution in [3.63, 3.8) is 0 Å². The number of nitrogens with zero attached hydrogens (tertiary/aromatic N) is 2. The van der Waals surface area contributed by atoms with Crippen molar-refractivity contribution in [1.82, 2.24) is 9.78 Å². The van der Waals surface area contributed by atoms with Crippen LogP contribution < -0.4 is 0 Å². The van der Waals surface area contributed by atoms with Crippen molar-refractivity contribution in [3.8, 4) is 0 Å². The lowest BCUT2D eigenvalue weighted by Gasteiger charge is -2.13. The smallest absolute Gasteiger partial charge is 0.133 e. The van der Waals surface area contributed by atoms with Gasteiger partial charge >= 0.3 is 0 Å². The number of carbonyl (C=O) groups is 1. The van der Waals surface area contributed by atoms with E-state index in [4.69, 9.17) is 11.6 Å². The molecule has 0 bridgehead atoms. The third kappa shape index (κ3) is 4.13. The molecular formula is C14H23ClN2O. The average Bonchev–Trinajstić information content (AvgIpc) is 2.78. The first-order valence-corrected chi connectivity index (χ1v) is 7.26. The molecule has 0 N–H and O–H groups in total. The first kappa shape index (κ1) is 15.2. The van der Waals surface area contributed by atoms with Crippen LogP contribution in [0.1, 0.15) is 51.8 Å². The van der Waals surface area contributed by atoms with Crippen molar-refractivity contribution in [2.24, 2.45) is 5.92 Å². The summed E-state index contributed by atoms with van der Waals surface area (Å²) in [6, 6.07) is 2.48. The standard InChI is InChI=1S/C14H23ClN2O/c1-4-14(5-2)17-9-7-13(16-17)10-12(6-8-15)11(3)18/h7,9,12,14H,4-6,8,10H2,1-3H3. The highest BCUT2D eigenvalue weighted by Gasteiger charge is 2.16. The Morgan fingerprint density at radius 2 is 2.11 bits per heavy atom. The fourth-order valence-corrected chi connectivity index (χ4v) is 2.45. The summed E-state index contributed by atoms with van der Waals surface area (Å²) >= 11 is 5.73. The number of carbonyl (C=O) groups excluding carboxylic acids is 1. The van der Waals surface area contributed by atoms with Crippen LogP contribution in [0.2, 0.25) is 0 Å². The van der Waals surface area contributed by atoms with Crippen LogP contribution in [-0.4, -0.2) is 21.4 Å². The lowest BCUT2D eigenvalue weighted by molar-refractivity contribution is -0.120. The van der Waals surface area contributed by atoms with Gasteiger partial charge in [0, 0.05) is 24.4 Å². The predicted molar refractivity (Wildman–Crippen MR) is 75.1 cm³/mol. The number of alkyl halides is 1. The summed E-state index contributed by atoms with van der Waals surface area (Å²) in [5.74, 6) is 0.734. The maximum absolute atomic E-state index is 11.5. The monoisotopic (exact) mass is 270 g/mol. The van der Waals surface area contributed by atoms with Gasteiger partial charge in [0.25, 0.3) is 0 Å². The lowest BCUT2D eigenvalue weighted by atomic mass is 9.96. The number of ketones is 1. The van der Waals surface area contributed by atoms with Crippen LogP contribution in [0.25, 0.3) is 0 Å². The Bertz CT molecular complexity index is 372. The molecule has 1 aromatic heterocycles. The predicted octanol–water partition coefficient (Wildman–Crippen LogP) is 3.62.